The van der Waals surface area contributed by atoms with Gasteiger partial charge in [-0.15, -0.1) is 0 Å². The minimum atomic E-state index is -1.06. The first-order valence-corrected chi connectivity index (χ1v) is 9.38. The lowest BCUT2D eigenvalue weighted by molar-refractivity contribution is -0.137. The second kappa shape index (κ2) is 8.10. The first kappa shape index (κ1) is 19.4. The van der Waals surface area contributed by atoms with Crippen molar-refractivity contribution in [2.75, 3.05) is 0 Å². The van der Waals surface area contributed by atoms with E-state index in [1.807, 2.05) is 0 Å². The summed E-state index contributed by atoms with van der Waals surface area (Å²) in [7, 11) is 0. The van der Waals surface area contributed by atoms with Crippen LogP contribution in [0.1, 0.15) is 15.9 Å². The predicted octanol–water partition coefficient (Wildman–Crippen LogP) is 3.27. The zero-order valence-corrected chi connectivity index (χ0v) is 16.8. The van der Waals surface area contributed by atoms with Gasteiger partial charge in [0.05, 0.1) is 5.52 Å². The fourth-order valence-corrected chi connectivity index (χ4v) is 3.30. The molecule has 27 heavy (non-hydrogen) atoms. The topological polar surface area (TPSA) is 88.4 Å². The van der Waals surface area contributed by atoms with Crippen molar-refractivity contribution in [3.63, 3.8) is 0 Å². The predicted molar refractivity (Wildman–Crippen MR) is 111 cm³/mol. The van der Waals surface area contributed by atoms with Gasteiger partial charge in [0, 0.05) is 26.7 Å². The number of carbonyl (C=O) groups excluding carboxylic acids is 1. The number of hydrogen-bond donors (Lipinski definition) is 2. The highest BCUT2D eigenvalue weighted by Crippen LogP contribution is 2.16. The maximum Gasteiger partial charge on any atom is 0.323 e. The lowest BCUT2D eigenvalue weighted by atomic mass is 10.1. The van der Waals surface area contributed by atoms with Crippen LogP contribution in [-0.4, -0.2) is 21.6 Å². The SMILES string of the molecule is O=C(O)Cn1cc(C(=O)NCc2ccc(Cl)cc2)c(=O)c2cc(I)ccc21. The molecule has 1 heterocycles. The van der Waals surface area contributed by atoms with E-state index in [1.165, 1.54) is 10.8 Å². The third kappa shape index (κ3) is 4.48. The highest BCUT2D eigenvalue weighted by molar-refractivity contribution is 14.1. The third-order valence-electron chi connectivity index (χ3n) is 3.96. The molecule has 0 saturated heterocycles. The van der Waals surface area contributed by atoms with Crippen LogP contribution in [0.5, 0.6) is 0 Å². The van der Waals surface area contributed by atoms with Gasteiger partial charge in [0.1, 0.15) is 12.1 Å². The highest BCUT2D eigenvalue weighted by atomic mass is 127. The zero-order chi connectivity index (χ0) is 19.6. The molecular formula is C19H14ClIN2O4. The van der Waals surface area contributed by atoms with Crippen LogP contribution in [-0.2, 0) is 17.9 Å². The number of fused-ring (bicyclic) bond motifs is 1. The second-order valence-corrected chi connectivity index (χ2v) is 7.55. The number of carboxylic acid groups (broad SMARTS) is 1. The number of aromatic nitrogens is 1. The fraction of sp³-hybridized carbons (Fsp3) is 0.105. The summed E-state index contributed by atoms with van der Waals surface area (Å²) in [5, 5.41) is 12.7. The minimum absolute atomic E-state index is 0.0975. The Bertz CT molecular complexity index is 1090. The number of nitrogens with zero attached hydrogens (tertiary/aromatic N) is 1. The number of benzene rings is 2. The van der Waals surface area contributed by atoms with Gasteiger partial charge in [-0.1, -0.05) is 23.7 Å². The molecule has 0 spiro atoms. The summed E-state index contributed by atoms with van der Waals surface area (Å²) in [4.78, 5) is 36.5. The van der Waals surface area contributed by atoms with Crippen LogP contribution in [0.4, 0.5) is 0 Å². The van der Waals surface area contributed by atoms with Gasteiger partial charge in [0.15, 0.2) is 0 Å². The number of hydrogen-bond acceptors (Lipinski definition) is 3. The van der Waals surface area contributed by atoms with Gasteiger partial charge in [-0.05, 0) is 58.5 Å². The van der Waals surface area contributed by atoms with Crippen molar-refractivity contribution in [2.45, 2.75) is 13.1 Å². The molecule has 0 saturated carbocycles. The number of carboxylic acids is 1. The molecule has 0 aliphatic rings. The number of rotatable bonds is 5. The molecule has 0 fully saturated rings. The molecule has 0 bridgehead atoms. The summed E-state index contributed by atoms with van der Waals surface area (Å²) >= 11 is 7.90. The van der Waals surface area contributed by atoms with E-state index in [9.17, 15) is 14.4 Å². The van der Waals surface area contributed by atoms with E-state index < -0.39 is 17.3 Å². The number of nitrogens with one attached hydrogen (secondary N) is 1. The molecule has 0 radical (unpaired) electrons. The van der Waals surface area contributed by atoms with Gasteiger partial charge in [-0.2, -0.15) is 0 Å². The van der Waals surface area contributed by atoms with E-state index >= 15 is 0 Å². The summed E-state index contributed by atoms with van der Waals surface area (Å²) in [6, 6.07) is 12.1. The minimum Gasteiger partial charge on any atom is -0.480 e. The van der Waals surface area contributed by atoms with Gasteiger partial charge in [-0.3, -0.25) is 14.4 Å². The summed E-state index contributed by atoms with van der Waals surface area (Å²) in [5.41, 5.74) is 0.768. The molecule has 0 unspecified atom stereocenters. The van der Waals surface area contributed by atoms with Crippen LogP contribution in [0.2, 0.25) is 5.02 Å². The normalized spacial score (nSPS) is 10.7. The summed E-state index contributed by atoms with van der Waals surface area (Å²) < 4.78 is 2.21. The van der Waals surface area contributed by atoms with E-state index in [0.717, 1.165) is 9.13 Å². The number of halogens is 2. The van der Waals surface area contributed by atoms with Gasteiger partial charge in [0.2, 0.25) is 5.43 Å². The summed E-state index contributed by atoms with van der Waals surface area (Å²) in [5.74, 6) is -1.62. The molecule has 2 aromatic carbocycles. The van der Waals surface area contributed by atoms with E-state index in [4.69, 9.17) is 16.7 Å². The Morgan fingerprint density at radius 1 is 1.15 bits per heavy atom. The van der Waals surface area contributed by atoms with Crippen LogP contribution in [0.25, 0.3) is 10.9 Å². The monoisotopic (exact) mass is 496 g/mol. The molecule has 1 amide bonds. The first-order valence-electron chi connectivity index (χ1n) is 7.92. The smallest absolute Gasteiger partial charge is 0.323 e. The third-order valence-corrected chi connectivity index (χ3v) is 4.88. The van der Waals surface area contributed by atoms with Crippen molar-refractivity contribution in [1.82, 2.24) is 9.88 Å². The average Bonchev–Trinajstić information content (AvgIpc) is 2.63. The van der Waals surface area contributed by atoms with Crippen molar-refractivity contribution in [3.05, 3.63) is 78.6 Å². The van der Waals surface area contributed by atoms with E-state index in [2.05, 4.69) is 27.9 Å². The van der Waals surface area contributed by atoms with Crippen LogP contribution in [0.3, 0.4) is 0 Å². The molecule has 8 heteroatoms. The van der Waals surface area contributed by atoms with Crippen molar-refractivity contribution in [3.8, 4) is 0 Å². The summed E-state index contributed by atoms with van der Waals surface area (Å²) in [6.45, 7) is -0.131. The molecule has 3 aromatic rings. The van der Waals surface area contributed by atoms with Crippen molar-refractivity contribution in [1.29, 1.82) is 0 Å². The van der Waals surface area contributed by atoms with Crippen LogP contribution in [0.15, 0.2) is 53.5 Å². The number of amides is 1. The molecule has 0 aliphatic carbocycles. The second-order valence-electron chi connectivity index (χ2n) is 5.86. The highest BCUT2D eigenvalue weighted by Gasteiger charge is 2.16. The molecule has 0 aliphatic heterocycles. The first-order chi connectivity index (χ1) is 12.8. The Kier molecular flexibility index (Phi) is 5.81. The molecular weight excluding hydrogens is 483 g/mol. The van der Waals surface area contributed by atoms with Gasteiger partial charge >= 0.3 is 5.97 Å². The number of pyridine rings is 1. The van der Waals surface area contributed by atoms with Gasteiger partial charge < -0.3 is 15.0 Å². The standard InChI is InChI=1S/C19H14ClIN2O4/c20-12-3-1-11(2-4-12)8-22-19(27)15-9-23(10-17(24)25)16-6-5-13(21)7-14(16)18(15)26/h1-7,9H,8,10H2,(H,22,27)(H,24,25). The lowest BCUT2D eigenvalue weighted by Gasteiger charge is -2.12. The quantitative estimate of drug-likeness (QED) is 0.531. The Labute approximate surface area is 172 Å². The van der Waals surface area contributed by atoms with E-state index in [-0.39, 0.29) is 18.7 Å². The van der Waals surface area contributed by atoms with Crippen molar-refractivity contribution >= 4 is 57.0 Å². The molecule has 1 aromatic heterocycles. The molecule has 3 rings (SSSR count). The lowest BCUT2D eigenvalue weighted by Crippen LogP contribution is -2.30. The molecule has 138 valence electrons. The van der Waals surface area contributed by atoms with Crippen LogP contribution < -0.4 is 10.7 Å². The maximum atomic E-state index is 12.8. The Morgan fingerprint density at radius 2 is 1.85 bits per heavy atom. The Balaban J connectivity index is 1.98. The van der Waals surface area contributed by atoms with Crippen molar-refractivity contribution < 1.29 is 14.7 Å². The maximum absolute atomic E-state index is 12.8. The average molecular weight is 497 g/mol. The Hall–Kier alpha value is -2.39. The van der Waals surface area contributed by atoms with Gasteiger partial charge in [0.25, 0.3) is 5.91 Å². The summed E-state index contributed by atoms with van der Waals surface area (Å²) in [6.07, 6.45) is 1.29. The molecule has 0 atom stereocenters. The zero-order valence-electron chi connectivity index (χ0n) is 13.9. The number of aliphatic carboxylic acids is 1. The van der Waals surface area contributed by atoms with Crippen LogP contribution >= 0.6 is 34.2 Å². The number of carbonyl (C=O) groups is 2. The van der Waals surface area contributed by atoms with E-state index in [1.54, 1.807) is 42.5 Å². The van der Waals surface area contributed by atoms with E-state index in [0.29, 0.717) is 15.9 Å². The van der Waals surface area contributed by atoms with Crippen molar-refractivity contribution in [2.24, 2.45) is 0 Å². The molecule has 2 N–H and O–H groups in total. The van der Waals surface area contributed by atoms with Gasteiger partial charge in [-0.25, -0.2) is 0 Å². The Morgan fingerprint density at radius 3 is 2.52 bits per heavy atom. The largest absolute Gasteiger partial charge is 0.480 e. The fourth-order valence-electron chi connectivity index (χ4n) is 2.69. The molecule has 6 nitrogen and oxygen atoms in total. The van der Waals surface area contributed by atoms with Crippen LogP contribution in [0, 0.1) is 3.57 Å².